The van der Waals surface area contributed by atoms with Gasteiger partial charge < -0.3 is 9.39 Å². The molecular formula is C16H14BNO3. The van der Waals surface area contributed by atoms with Gasteiger partial charge in [-0.05, 0) is 41.9 Å². The van der Waals surface area contributed by atoms with Gasteiger partial charge in [0.25, 0.3) is 0 Å². The number of ether oxygens (including phenoxy) is 1. The highest BCUT2D eigenvalue weighted by Crippen LogP contribution is 2.22. The fourth-order valence-corrected chi connectivity index (χ4v) is 1.95. The molecule has 104 valence electrons. The molecule has 0 saturated carbocycles. The first-order chi connectivity index (χ1) is 10.2. The largest absolute Gasteiger partial charge is 0.457 e. The van der Waals surface area contributed by atoms with E-state index in [1.165, 1.54) is 0 Å². The van der Waals surface area contributed by atoms with Crippen LogP contribution in [-0.4, -0.2) is 20.3 Å². The molecule has 0 aliphatic carbocycles. The summed E-state index contributed by atoms with van der Waals surface area (Å²) in [4.78, 5) is 11.2. The van der Waals surface area contributed by atoms with E-state index in [-0.39, 0.29) is 6.92 Å². The standard InChI is InChI=1S/C16H14BNO3/c1-17(20-2)16-8-7-15(9-13(16)11-19)21-14-5-3-12(10-18)4-6-14/h3-9,11H,1-2H3. The highest BCUT2D eigenvalue weighted by molar-refractivity contribution is 6.67. The number of carbonyl (C=O) groups is 1. The van der Waals surface area contributed by atoms with Gasteiger partial charge in [0.2, 0.25) is 0 Å². The summed E-state index contributed by atoms with van der Waals surface area (Å²) in [7, 11) is 1.60. The Hall–Kier alpha value is -2.58. The molecule has 2 aromatic carbocycles. The Bertz CT molecular complexity index is 677. The number of nitriles is 1. The van der Waals surface area contributed by atoms with Crippen molar-refractivity contribution in [2.75, 3.05) is 7.11 Å². The molecule has 0 radical (unpaired) electrons. The van der Waals surface area contributed by atoms with Crippen LogP contribution < -0.4 is 10.2 Å². The van der Waals surface area contributed by atoms with E-state index in [0.717, 1.165) is 11.7 Å². The Labute approximate surface area is 124 Å². The van der Waals surface area contributed by atoms with E-state index in [1.807, 2.05) is 19.0 Å². The minimum Gasteiger partial charge on any atom is -0.457 e. The maximum atomic E-state index is 11.2. The monoisotopic (exact) mass is 279 g/mol. The van der Waals surface area contributed by atoms with E-state index in [0.29, 0.717) is 22.6 Å². The smallest absolute Gasteiger partial charge is 0.323 e. The van der Waals surface area contributed by atoms with E-state index in [1.54, 1.807) is 43.5 Å². The van der Waals surface area contributed by atoms with Crippen molar-refractivity contribution in [2.45, 2.75) is 6.82 Å². The van der Waals surface area contributed by atoms with Gasteiger partial charge in [0, 0.05) is 12.7 Å². The summed E-state index contributed by atoms with van der Waals surface area (Å²) in [6, 6.07) is 14.1. The Morgan fingerprint density at radius 2 is 1.81 bits per heavy atom. The Morgan fingerprint density at radius 3 is 2.38 bits per heavy atom. The van der Waals surface area contributed by atoms with Gasteiger partial charge in [-0.15, -0.1) is 0 Å². The molecule has 0 spiro atoms. The second kappa shape index (κ2) is 6.73. The predicted octanol–water partition coefficient (Wildman–Crippen LogP) is 2.64. The first kappa shape index (κ1) is 14.8. The third-order valence-electron chi connectivity index (χ3n) is 3.20. The maximum absolute atomic E-state index is 11.2. The third kappa shape index (κ3) is 3.50. The zero-order chi connectivity index (χ0) is 15.2. The number of aldehydes is 1. The Kier molecular flexibility index (Phi) is 4.75. The van der Waals surface area contributed by atoms with Crippen LogP contribution in [0.2, 0.25) is 6.82 Å². The number of benzene rings is 2. The lowest BCUT2D eigenvalue weighted by Crippen LogP contribution is -2.31. The third-order valence-corrected chi connectivity index (χ3v) is 3.20. The number of hydrogen-bond donors (Lipinski definition) is 0. The molecule has 0 aliphatic heterocycles. The van der Waals surface area contributed by atoms with E-state index in [2.05, 4.69) is 0 Å². The van der Waals surface area contributed by atoms with Crippen LogP contribution in [0.3, 0.4) is 0 Å². The van der Waals surface area contributed by atoms with Crippen LogP contribution in [0.25, 0.3) is 0 Å². The van der Waals surface area contributed by atoms with Crippen molar-refractivity contribution in [3.05, 3.63) is 53.6 Å². The lowest BCUT2D eigenvalue weighted by Gasteiger charge is -2.11. The summed E-state index contributed by atoms with van der Waals surface area (Å²) in [5.41, 5.74) is 1.93. The molecule has 5 heteroatoms. The molecule has 0 atom stereocenters. The minimum absolute atomic E-state index is 0.158. The quantitative estimate of drug-likeness (QED) is 0.623. The lowest BCUT2D eigenvalue weighted by atomic mass is 9.62. The first-order valence-electron chi connectivity index (χ1n) is 6.48. The second-order valence-corrected chi connectivity index (χ2v) is 4.52. The molecule has 2 rings (SSSR count). The molecular weight excluding hydrogens is 265 g/mol. The summed E-state index contributed by atoms with van der Waals surface area (Å²) in [5.74, 6) is 1.17. The van der Waals surface area contributed by atoms with Crippen molar-refractivity contribution in [2.24, 2.45) is 0 Å². The van der Waals surface area contributed by atoms with Gasteiger partial charge in [-0.1, -0.05) is 12.9 Å². The molecule has 0 saturated heterocycles. The van der Waals surface area contributed by atoms with Crippen LogP contribution in [0.5, 0.6) is 11.5 Å². The Balaban J connectivity index is 2.24. The van der Waals surface area contributed by atoms with Crippen molar-refractivity contribution in [3.63, 3.8) is 0 Å². The van der Waals surface area contributed by atoms with Gasteiger partial charge in [0.1, 0.15) is 17.8 Å². The SMILES string of the molecule is COB(C)c1ccc(Oc2ccc(C#N)cc2)cc1C=O. The van der Waals surface area contributed by atoms with E-state index >= 15 is 0 Å². The molecule has 0 fully saturated rings. The minimum atomic E-state index is -0.158. The fourth-order valence-electron chi connectivity index (χ4n) is 1.95. The number of carbonyl (C=O) groups excluding carboxylic acids is 1. The summed E-state index contributed by atoms with van der Waals surface area (Å²) in [6.45, 7) is 1.72. The number of hydrogen-bond acceptors (Lipinski definition) is 4. The van der Waals surface area contributed by atoms with Crippen LogP contribution >= 0.6 is 0 Å². The zero-order valence-electron chi connectivity index (χ0n) is 11.9. The molecule has 21 heavy (non-hydrogen) atoms. The highest BCUT2D eigenvalue weighted by Gasteiger charge is 2.15. The van der Waals surface area contributed by atoms with Crippen LogP contribution in [0.4, 0.5) is 0 Å². The van der Waals surface area contributed by atoms with Crippen molar-refractivity contribution in [1.29, 1.82) is 5.26 Å². The van der Waals surface area contributed by atoms with Crippen LogP contribution in [0.1, 0.15) is 15.9 Å². The molecule has 0 bridgehead atoms. The molecule has 0 aliphatic rings. The summed E-state index contributed by atoms with van der Waals surface area (Å²) in [6.07, 6.45) is 0.788. The molecule has 0 unspecified atom stereocenters. The van der Waals surface area contributed by atoms with Crippen LogP contribution in [0, 0.1) is 11.3 Å². The fraction of sp³-hybridized carbons (Fsp3) is 0.125. The molecule has 2 aromatic rings. The number of nitrogens with zero attached hydrogens (tertiary/aromatic N) is 1. The summed E-state index contributed by atoms with van der Waals surface area (Å²) >= 11 is 0. The molecule has 0 amide bonds. The van der Waals surface area contributed by atoms with Gasteiger partial charge in [0.15, 0.2) is 0 Å². The van der Waals surface area contributed by atoms with Crippen LogP contribution in [-0.2, 0) is 4.65 Å². The van der Waals surface area contributed by atoms with Crippen LogP contribution in [0.15, 0.2) is 42.5 Å². The average molecular weight is 279 g/mol. The normalized spacial score (nSPS) is 9.76. The van der Waals surface area contributed by atoms with Crippen molar-refractivity contribution >= 4 is 18.7 Å². The summed E-state index contributed by atoms with van der Waals surface area (Å²) < 4.78 is 10.9. The van der Waals surface area contributed by atoms with Crippen molar-refractivity contribution < 1.29 is 14.2 Å². The van der Waals surface area contributed by atoms with Gasteiger partial charge in [0.05, 0.1) is 11.6 Å². The predicted molar refractivity (Wildman–Crippen MR) is 81.3 cm³/mol. The van der Waals surface area contributed by atoms with Crippen molar-refractivity contribution in [3.8, 4) is 17.6 Å². The lowest BCUT2D eigenvalue weighted by molar-refractivity contribution is 0.112. The maximum Gasteiger partial charge on any atom is 0.323 e. The zero-order valence-corrected chi connectivity index (χ0v) is 11.9. The first-order valence-corrected chi connectivity index (χ1v) is 6.48. The summed E-state index contributed by atoms with van der Waals surface area (Å²) in [5, 5.41) is 8.75. The van der Waals surface area contributed by atoms with E-state index in [4.69, 9.17) is 14.7 Å². The van der Waals surface area contributed by atoms with E-state index in [9.17, 15) is 4.79 Å². The molecule has 4 nitrogen and oxygen atoms in total. The Morgan fingerprint density at radius 1 is 1.14 bits per heavy atom. The van der Waals surface area contributed by atoms with Gasteiger partial charge in [-0.25, -0.2) is 0 Å². The average Bonchev–Trinajstić information content (AvgIpc) is 2.54. The molecule has 0 aromatic heterocycles. The van der Waals surface area contributed by atoms with E-state index < -0.39 is 0 Å². The second-order valence-electron chi connectivity index (χ2n) is 4.52. The molecule has 0 heterocycles. The molecule has 0 N–H and O–H groups in total. The number of rotatable bonds is 5. The topological polar surface area (TPSA) is 59.3 Å². The highest BCUT2D eigenvalue weighted by atomic mass is 16.5. The van der Waals surface area contributed by atoms with Gasteiger partial charge in [-0.2, -0.15) is 5.26 Å². The van der Waals surface area contributed by atoms with Gasteiger partial charge >= 0.3 is 6.92 Å². The van der Waals surface area contributed by atoms with Gasteiger partial charge in [-0.3, -0.25) is 4.79 Å². The van der Waals surface area contributed by atoms with Crippen molar-refractivity contribution in [1.82, 2.24) is 0 Å².